The second-order valence-electron chi connectivity index (χ2n) is 5.51. The number of carbonyl (C=O) groups excluding carboxylic acids is 1. The monoisotopic (exact) mass is 384 g/mol. The Balaban J connectivity index is 1.70. The number of amides is 1. The summed E-state index contributed by atoms with van der Waals surface area (Å²) in [6, 6.07) is 9.17. The molecule has 0 bridgehead atoms. The molecule has 4 nitrogen and oxygen atoms in total. The van der Waals surface area contributed by atoms with Gasteiger partial charge in [0.2, 0.25) is 0 Å². The van der Waals surface area contributed by atoms with Crippen LogP contribution in [0.3, 0.4) is 0 Å². The van der Waals surface area contributed by atoms with Crippen molar-refractivity contribution in [1.29, 1.82) is 0 Å². The molecule has 0 radical (unpaired) electrons. The summed E-state index contributed by atoms with van der Waals surface area (Å²) in [5.74, 6) is -0.188. The highest BCUT2D eigenvalue weighted by Crippen LogP contribution is 2.26. The zero-order chi connectivity index (χ0) is 16.9. The molecule has 1 saturated heterocycles. The van der Waals surface area contributed by atoms with Crippen LogP contribution >= 0.6 is 34.5 Å². The van der Waals surface area contributed by atoms with Crippen LogP contribution < -0.4 is 5.32 Å². The third-order valence-corrected chi connectivity index (χ3v) is 5.51. The second-order valence-corrected chi connectivity index (χ2v) is 7.34. The molecule has 0 spiro atoms. The molecule has 1 aromatic heterocycles. The van der Waals surface area contributed by atoms with E-state index in [-0.39, 0.29) is 11.9 Å². The van der Waals surface area contributed by atoms with Gasteiger partial charge in [0.05, 0.1) is 29.8 Å². The largest absolute Gasteiger partial charge is 0.379 e. The first-order valence-electron chi connectivity index (χ1n) is 7.73. The highest BCUT2D eigenvalue weighted by molar-refractivity contribution is 7.10. The van der Waals surface area contributed by atoms with Crippen molar-refractivity contribution < 1.29 is 9.53 Å². The fourth-order valence-corrected chi connectivity index (χ4v) is 4.09. The van der Waals surface area contributed by atoms with Crippen molar-refractivity contribution in [2.24, 2.45) is 0 Å². The van der Waals surface area contributed by atoms with Crippen molar-refractivity contribution in [2.45, 2.75) is 6.04 Å². The van der Waals surface area contributed by atoms with Gasteiger partial charge in [-0.25, -0.2) is 0 Å². The average Bonchev–Trinajstić information content (AvgIpc) is 3.10. The van der Waals surface area contributed by atoms with Crippen LogP contribution in [0.5, 0.6) is 0 Å². The Hall–Kier alpha value is -1.11. The van der Waals surface area contributed by atoms with Gasteiger partial charge in [-0.3, -0.25) is 9.69 Å². The maximum absolute atomic E-state index is 12.5. The fraction of sp³-hybridized carbons (Fsp3) is 0.353. The Labute approximate surface area is 155 Å². The fourth-order valence-electron chi connectivity index (χ4n) is 2.74. The minimum Gasteiger partial charge on any atom is -0.379 e. The molecule has 24 heavy (non-hydrogen) atoms. The van der Waals surface area contributed by atoms with E-state index >= 15 is 0 Å². The molecule has 2 heterocycles. The Bertz CT molecular complexity index is 688. The maximum atomic E-state index is 12.5. The lowest BCUT2D eigenvalue weighted by Crippen LogP contribution is -2.43. The van der Waals surface area contributed by atoms with E-state index in [1.807, 2.05) is 6.07 Å². The predicted molar refractivity (Wildman–Crippen MR) is 98.2 cm³/mol. The van der Waals surface area contributed by atoms with Crippen molar-refractivity contribution in [1.82, 2.24) is 10.2 Å². The van der Waals surface area contributed by atoms with Gasteiger partial charge in [0.1, 0.15) is 0 Å². The van der Waals surface area contributed by atoms with Gasteiger partial charge in [-0.05, 0) is 29.6 Å². The first kappa shape index (κ1) is 17.7. The molecule has 3 rings (SSSR count). The van der Waals surface area contributed by atoms with Crippen LogP contribution in [-0.4, -0.2) is 43.7 Å². The highest BCUT2D eigenvalue weighted by atomic mass is 35.5. The zero-order valence-corrected chi connectivity index (χ0v) is 15.3. The van der Waals surface area contributed by atoms with Crippen LogP contribution in [0.4, 0.5) is 0 Å². The zero-order valence-electron chi connectivity index (χ0n) is 13.0. The van der Waals surface area contributed by atoms with E-state index < -0.39 is 0 Å². The number of hydrogen-bond acceptors (Lipinski definition) is 4. The van der Waals surface area contributed by atoms with Crippen LogP contribution in [0.15, 0.2) is 35.7 Å². The van der Waals surface area contributed by atoms with E-state index in [2.05, 4.69) is 21.7 Å². The van der Waals surface area contributed by atoms with E-state index in [1.54, 1.807) is 29.5 Å². The number of nitrogens with one attached hydrogen (secondary N) is 1. The molecular formula is C17H18Cl2N2O2S. The Kier molecular flexibility index (Phi) is 6.14. The normalized spacial score (nSPS) is 16.8. The number of halogens is 2. The third kappa shape index (κ3) is 4.29. The third-order valence-electron chi connectivity index (χ3n) is 3.99. The summed E-state index contributed by atoms with van der Waals surface area (Å²) in [7, 11) is 0. The van der Waals surface area contributed by atoms with E-state index in [9.17, 15) is 4.79 Å². The second kappa shape index (κ2) is 8.32. The van der Waals surface area contributed by atoms with Crippen LogP contribution in [0.25, 0.3) is 0 Å². The number of rotatable bonds is 5. The molecule has 0 aliphatic carbocycles. The van der Waals surface area contributed by atoms with Gasteiger partial charge in [-0.2, -0.15) is 0 Å². The van der Waals surface area contributed by atoms with Gasteiger partial charge in [-0.1, -0.05) is 29.3 Å². The highest BCUT2D eigenvalue weighted by Gasteiger charge is 2.24. The van der Waals surface area contributed by atoms with Gasteiger partial charge in [0.25, 0.3) is 5.91 Å². The number of nitrogens with zero attached hydrogens (tertiary/aromatic N) is 1. The van der Waals surface area contributed by atoms with Crippen LogP contribution in [0, 0.1) is 0 Å². The molecule has 2 aromatic rings. The van der Waals surface area contributed by atoms with Gasteiger partial charge < -0.3 is 10.1 Å². The lowest BCUT2D eigenvalue weighted by atomic mass is 10.1. The smallest absolute Gasteiger partial charge is 0.252 e. The summed E-state index contributed by atoms with van der Waals surface area (Å²) >= 11 is 13.7. The first-order valence-corrected chi connectivity index (χ1v) is 9.37. The molecule has 1 N–H and O–H groups in total. The Morgan fingerprint density at radius 3 is 2.75 bits per heavy atom. The van der Waals surface area contributed by atoms with Crippen molar-refractivity contribution in [3.05, 3.63) is 56.2 Å². The number of ether oxygens (including phenoxy) is 1. The number of carbonyl (C=O) groups is 1. The number of thiophene rings is 1. The number of benzene rings is 1. The lowest BCUT2D eigenvalue weighted by molar-refractivity contribution is 0.0169. The summed E-state index contributed by atoms with van der Waals surface area (Å²) in [6.07, 6.45) is 0. The number of morpholine rings is 1. The van der Waals surface area contributed by atoms with E-state index in [0.717, 1.165) is 26.3 Å². The molecule has 1 unspecified atom stereocenters. The molecule has 1 aromatic carbocycles. The van der Waals surface area contributed by atoms with E-state index in [4.69, 9.17) is 27.9 Å². The quantitative estimate of drug-likeness (QED) is 0.850. The van der Waals surface area contributed by atoms with Crippen LogP contribution in [0.2, 0.25) is 10.0 Å². The molecule has 1 aliphatic rings. The van der Waals surface area contributed by atoms with Gasteiger partial charge >= 0.3 is 0 Å². The molecule has 1 atom stereocenters. The average molecular weight is 385 g/mol. The standard InChI is InChI=1S/C17H18Cl2N2O2S/c18-12-3-4-13(14(19)10-12)17(22)20-11-15(16-2-1-9-24-16)21-5-7-23-8-6-21/h1-4,9-10,15H,5-8,11H2,(H,20,22). The number of hydrogen-bond donors (Lipinski definition) is 1. The minimum absolute atomic E-state index is 0.143. The summed E-state index contributed by atoms with van der Waals surface area (Å²) in [4.78, 5) is 16.0. The first-order chi connectivity index (χ1) is 11.6. The van der Waals surface area contributed by atoms with Crippen molar-refractivity contribution >= 4 is 40.4 Å². The minimum atomic E-state index is -0.188. The van der Waals surface area contributed by atoms with E-state index in [1.165, 1.54) is 4.88 Å². The molecule has 1 amide bonds. The summed E-state index contributed by atoms with van der Waals surface area (Å²) < 4.78 is 5.43. The lowest BCUT2D eigenvalue weighted by Gasteiger charge is -2.34. The van der Waals surface area contributed by atoms with Crippen molar-refractivity contribution in [3.8, 4) is 0 Å². The summed E-state index contributed by atoms with van der Waals surface area (Å²) in [5.41, 5.74) is 0.438. The van der Waals surface area contributed by atoms with Crippen molar-refractivity contribution in [2.75, 3.05) is 32.8 Å². The molecule has 128 valence electrons. The van der Waals surface area contributed by atoms with Gasteiger partial charge in [-0.15, -0.1) is 11.3 Å². The van der Waals surface area contributed by atoms with Gasteiger partial charge in [0, 0.05) is 29.5 Å². The van der Waals surface area contributed by atoms with Gasteiger partial charge in [0.15, 0.2) is 0 Å². The van der Waals surface area contributed by atoms with E-state index in [0.29, 0.717) is 22.2 Å². The summed E-state index contributed by atoms with van der Waals surface area (Å²) in [5, 5.41) is 5.93. The molecule has 0 saturated carbocycles. The maximum Gasteiger partial charge on any atom is 0.252 e. The topological polar surface area (TPSA) is 41.6 Å². The van der Waals surface area contributed by atoms with Crippen LogP contribution in [-0.2, 0) is 4.74 Å². The summed E-state index contributed by atoms with van der Waals surface area (Å²) in [6.45, 7) is 3.69. The predicted octanol–water partition coefficient (Wildman–Crippen LogP) is 3.86. The molecule has 1 aliphatic heterocycles. The molecular weight excluding hydrogens is 367 g/mol. The molecule has 7 heteroatoms. The SMILES string of the molecule is O=C(NCC(c1cccs1)N1CCOCC1)c1ccc(Cl)cc1Cl. The van der Waals surface area contributed by atoms with Crippen molar-refractivity contribution in [3.63, 3.8) is 0 Å². The molecule has 1 fully saturated rings. The Morgan fingerprint density at radius 2 is 2.08 bits per heavy atom. The Morgan fingerprint density at radius 1 is 1.29 bits per heavy atom. The van der Waals surface area contributed by atoms with Crippen LogP contribution in [0.1, 0.15) is 21.3 Å².